The summed E-state index contributed by atoms with van der Waals surface area (Å²) in [6.45, 7) is 4.97. The summed E-state index contributed by atoms with van der Waals surface area (Å²) in [7, 11) is 0. The molecule has 0 amide bonds. The molecule has 2 heterocycles. The number of nitrogens with zero attached hydrogens (tertiary/aromatic N) is 3. The normalized spacial score (nSPS) is 12.6. The first kappa shape index (κ1) is 10.9. The Kier molecular flexibility index (Phi) is 3.09. The fraction of sp³-hybridized carbons (Fsp3) is 0.400. The molecule has 0 fully saturated rings. The maximum Gasteiger partial charge on any atom is 0.142 e. The van der Waals surface area contributed by atoms with Crippen LogP contribution in [0.4, 0.5) is 10.8 Å². The van der Waals surface area contributed by atoms with Crippen molar-refractivity contribution in [3.05, 3.63) is 24.3 Å². The molecule has 0 saturated carbocycles. The van der Waals surface area contributed by atoms with E-state index in [0.29, 0.717) is 11.9 Å². The lowest BCUT2D eigenvalue weighted by Crippen LogP contribution is -2.21. The van der Waals surface area contributed by atoms with Crippen molar-refractivity contribution in [2.75, 3.05) is 11.1 Å². The molecule has 1 unspecified atom stereocenters. The highest BCUT2D eigenvalue weighted by molar-refractivity contribution is 7.10. The summed E-state index contributed by atoms with van der Waals surface area (Å²) >= 11 is 1.41. The molecule has 86 valence electrons. The maximum absolute atomic E-state index is 5.70. The van der Waals surface area contributed by atoms with Gasteiger partial charge >= 0.3 is 0 Å². The summed E-state index contributed by atoms with van der Waals surface area (Å²) in [4.78, 5) is 4.01. The van der Waals surface area contributed by atoms with Crippen LogP contribution in [-0.2, 0) is 6.54 Å². The fourth-order valence-corrected chi connectivity index (χ4v) is 2.29. The minimum absolute atomic E-state index is 0.313. The van der Waals surface area contributed by atoms with Crippen LogP contribution in [0.5, 0.6) is 0 Å². The van der Waals surface area contributed by atoms with E-state index in [1.54, 1.807) is 6.20 Å². The lowest BCUT2D eigenvalue weighted by Gasteiger charge is -2.14. The monoisotopic (exact) mass is 237 g/mol. The molecule has 0 bridgehead atoms. The van der Waals surface area contributed by atoms with Gasteiger partial charge in [-0.05, 0) is 25.4 Å². The van der Waals surface area contributed by atoms with Crippen molar-refractivity contribution in [2.24, 2.45) is 0 Å². The summed E-state index contributed by atoms with van der Waals surface area (Å²) in [5.74, 6) is 0.613. The van der Waals surface area contributed by atoms with Crippen LogP contribution in [-0.4, -0.2) is 20.0 Å². The van der Waals surface area contributed by atoms with Crippen molar-refractivity contribution in [2.45, 2.75) is 26.4 Å². The number of anilines is 2. The number of imidazole rings is 1. The van der Waals surface area contributed by atoms with Crippen LogP contribution < -0.4 is 11.1 Å². The first-order chi connectivity index (χ1) is 7.66. The van der Waals surface area contributed by atoms with Crippen LogP contribution >= 0.6 is 11.5 Å². The molecular weight excluding hydrogens is 222 g/mol. The first-order valence-corrected chi connectivity index (χ1v) is 5.88. The average molecular weight is 237 g/mol. The van der Waals surface area contributed by atoms with Gasteiger partial charge in [-0.1, -0.05) is 0 Å². The van der Waals surface area contributed by atoms with Gasteiger partial charge in [-0.15, -0.1) is 0 Å². The third kappa shape index (κ3) is 2.33. The lowest BCUT2D eigenvalue weighted by molar-refractivity contribution is 0.620. The number of nitrogens with two attached hydrogens (primary N) is 1. The predicted octanol–water partition coefficient (Wildman–Crippen LogP) is 1.73. The zero-order valence-electron chi connectivity index (χ0n) is 9.34. The quantitative estimate of drug-likeness (QED) is 0.849. The molecule has 1 atom stereocenters. The van der Waals surface area contributed by atoms with E-state index in [0.717, 1.165) is 17.1 Å². The number of nitrogens with one attached hydrogen (secondary N) is 1. The summed E-state index contributed by atoms with van der Waals surface area (Å²) in [6, 6.07) is 0.313. The molecule has 2 rings (SSSR count). The SMILES string of the molecule is Cc1c(N)nsc1NC(C)Cn1ccnc1. The van der Waals surface area contributed by atoms with Crippen LogP contribution in [0.1, 0.15) is 12.5 Å². The Hall–Kier alpha value is -1.56. The van der Waals surface area contributed by atoms with Gasteiger partial charge in [0.1, 0.15) is 10.8 Å². The van der Waals surface area contributed by atoms with Crippen LogP contribution in [0.2, 0.25) is 0 Å². The first-order valence-electron chi connectivity index (χ1n) is 5.11. The molecular formula is C10H15N5S. The second kappa shape index (κ2) is 4.52. The number of rotatable bonds is 4. The molecule has 0 aliphatic heterocycles. The summed E-state index contributed by atoms with van der Waals surface area (Å²) < 4.78 is 6.14. The molecule has 0 radical (unpaired) electrons. The molecule has 0 saturated heterocycles. The van der Waals surface area contributed by atoms with E-state index in [9.17, 15) is 0 Å². The molecule has 0 spiro atoms. The van der Waals surface area contributed by atoms with Crippen molar-refractivity contribution >= 4 is 22.4 Å². The minimum atomic E-state index is 0.313. The van der Waals surface area contributed by atoms with Gasteiger partial charge in [0.15, 0.2) is 0 Å². The van der Waals surface area contributed by atoms with E-state index < -0.39 is 0 Å². The van der Waals surface area contributed by atoms with Gasteiger partial charge in [-0.3, -0.25) is 0 Å². The average Bonchev–Trinajstić information content (AvgIpc) is 2.83. The highest BCUT2D eigenvalue weighted by atomic mass is 32.1. The highest BCUT2D eigenvalue weighted by Gasteiger charge is 2.09. The molecule has 2 aromatic rings. The molecule has 2 aromatic heterocycles. The summed E-state index contributed by atoms with van der Waals surface area (Å²) in [5.41, 5.74) is 6.73. The van der Waals surface area contributed by atoms with E-state index in [1.807, 2.05) is 24.0 Å². The highest BCUT2D eigenvalue weighted by Crippen LogP contribution is 2.25. The number of nitrogen functional groups attached to an aromatic ring is 1. The van der Waals surface area contributed by atoms with Crippen molar-refractivity contribution in [3.8, 4) is 0 Å². The molecule has 6 heteroatoms. The van der Waals surface area contributed by atoms with E-state index in [4.69, 9.17) is 5.73 Å². The summed E-state index contributed by atoms with van der Waals surface area (Å²) in [5, 5.41) is 4.44. The molecule has 16 heavy (non-hydrogen) atoms. The van der Waals surface area contributed by atoms with Gasteiger partial charge in [-0.25, -0.2) is 4.98 Å². The third-order valence-electron chi connectivity index (χ3n) is 2.38. The standard InChI is InChI=1S/C10H15N5S/c1-7(5-15-4-3-12-6-15)13-10-8(2)9(11)14-16-10/h3-4,6-7,13H,5H2,1-2H3,(H2,11,14). The summed E-state index contributed by atoms with van der Waals surface area (Å²) in [6.07, 6.45) is 5.54. The Labute approximate surface area is 98.5 Å². The van der Waals surface area contributed by atoms with E-state index in [1.165, 1.54) is 11.5 Å². The topological polar surface area (TPSA) is 68.8 Å². The largest absolute Gasteiger partial charge is 0.383 e. The second-order valence-electron chi connectivity index (χ2n) is 3.83. The van der Waals surface area contributed by atoms with Crippen LogP contribution in [0.3, 0.4) is 0 Å². The Morgan fingerprint density at radius 1 is 1.62 bits per heavy atom. The van der Waals surface area contributed by atoms with Crippen molar-refractivity contribution in [3.63, 3.8) is 0 Å². The van der Waals surface area contributed by atoms with Gasteiger partial charge in [0.05, 0.1) is 6.33 Å². The zero-order valence-corrected chi connectivity index (χ0v) is 10.2. The number of hydrogen-bond donors (Lipinski definition) is 2. The van der Waals surface area contributed by atoms with Gasteiger partial charge < -0.3 is 15.6 Å². The molecule has 3 N–H and O–H groups in total. The Bertz CT molecular complexity index is 448. The van der Waals surface area contributed by atoms with Gasteiger partial charge in [0.2, 0.25) is 0 Å². The van der Waals surface area contributed by atoms with Crippen molar-refractivity contribution in [1.82, 2.24) is 13.9 Å². The Morgan fingerprint density at radius 3 is 3.00 bits per heavy atom. The van der Waals surface area contributed by atoms with Gasteiger partial charge in [0.25, 0.3) is 0 Å². The maximum atomic E-state index is 5.70. The van der Waals surface area contributed by atoms with Crippen LogP contribution in [0, 0.1) is 6.92 Å². The number of hydrogen-bond acceptors (Lipinski definition) is 5. The minimum Gasteiger partial charge on any atom is -0.383 e. The molecule has 5 nitrogen and oxygen atoms in total. The predicted molar refractivity (Wildman–Crippen MR) is 66.6 cm³/mol. The van der Waals surface area contributed by atoms with Crippen LogP contribution in [0.15, 0.2) is 18.7 Å². The molecule has 0 aliphatic carbocycles. The van der Waals surface area contributed by atoms with E-state index in [2.05, 4.69) is 21.6 Å². The Balaban J connectivity index is 1.97. The fourth-order valence-electron chi connectivity index (χ4n) is 1.46. The van der Waals surface area contributed by atoms with E-state index >= 15 is 0 Å². The number of aromatic nitrogens is 3. The zero-order chi connectivity index (χ0) is 11.5. The van der Waals surface area contributed by atoms with Gasteiger partial charge in [-0.2, -0.15) is 4.37 Å². The molecule has 0 aromatic carbocycles. The second-order valence-corrected chi connectivity index (χ2v) is 4.60. The van der Waals surface area contributed by atoms with Crippen molar-refractivity contribution < 1.29 is 0 Å². The van der Waals surface area contributed by atoms with Crippen molar-refractivity contribution in [1.29, 1.82) is 0 Å². The van der Waals surface area contributed by atoms with E-state index in [-0.39, 0.29) is 0 Å². The third-order valence-corrected chi connectivity index (χ3v) is 3.28. The van der Waals surface area contributed by atoms with Crippen LogP contribution in [0.25, 0.3) is 0 Å². The Morgan fingerprint density at radius 2 is 2.44 bits per heavy atom. The molecule has 0 aliphatic rings. The lowest BCUT2D eigenvalue weighted by atomic mass is 10.3. The van der Waals surface area contributed by atoms with Gasteiger partial charge in [0, 0.05) is 30.5 Å². The smallest absolute Gasteiger partial charge is 0.142 e.